The number of amides is 1. The fourth-order valence-electron chi connectivity index (χ4n) is 4.24. The third-order valence-corrected chi connectivity index (χ3v) is 5.59. The number of halogens is 3. The van der Waals surface area contributed by atoms with Gasteiger partial charge in [0.1, 0.15) is 5.82 Å². The molecule has 1 aromatic carbocycles. The molecule has 1 aromatic rings. The van der Waals surface area contributed by atoms with Crippen molar-refractivity contribution in [1.29, 1.82) is 0 Å². The summed E-state index contributed by atoms with van der Waals surface area (Å²) in [6.07, 6.45) is 5.63. The standard InChI is InChI=1S/C19H25F3N2O/c1-23(12-13-5-4-8-24-7-3-2-6-18(13)24)19(25)10-14-9-16(21)17(22)11-15(14)20/h9,11,13,18H,2-8,10,12H2,1H3. The summed E-state index contributed by atoms with van der Waals surface area (Å²) < 4.78 is 40.1. The minimum atomic E-state index is -1.23. The van der Waals surface area contributed by atoms with Gasteiger partial charge in [0.25, 0.3) is 0 Å². The minimum Gasteiger partial charge on any atom is -0.345 e. The third-order valence-electron chi connectivity index (χ3n) is 5.59. The molecule has 0 bridgehead atoms. The number of fused-ring (bicyclic) bond motifs is 1. The van der Waals surface area contributed by atoms with Crippen molar-refractivity contribution in [1.82, 2.24) is 9.80 Å². The van der Waals surface area contributed by atoms with Gasteiger partial charge in [-0.05, 0) is 50.8 Å². The average molecular weight is 354 g/mol. The van der Waals surface area contributed by atoms with Gasteiger partial charge in [-0.1, -0.05) is 6.42 Å². The van der Waals surface area contributed by atoms with E-state index in [1.807, 2.05) is 0 Å². The van der Waals surface area contributed by atoms with Crippen molar-refractivity contribution in [2.24, 2.45) is 5.92 Å². The van der Waals surface area contributed by atoms with Crippen LogP contribution in [0.15, 0.2) is 12.1 Å². The summed E-state index contributed by atoms with van der Waals surface area (Å²) in [6, 6.07) is 1.80. The van der Waals surface area contributed by atoms with E-state index in [2.05, 4.69) is 4.90 Å². The number of carbonyl (C=O) groups excluding carboxylic acids is 1. The summed E-state index contributed by atoms with van der Waals surface area (Å²) >= 11 is 0. The molecular weight excluding hydrogens is 329 g/mol. The van der Waals surface area contributed by atoms with Gasteiger partial charge >= 0.3 is 0 Å². The molecule has 2 heterocycles. The summed E-state index contributed by atoms with van der Waals surface area (Å²) in [5.74, 6) is -3.08. The topological polar surface area (TPSA) is 23.6 Å². The third kappa shape index (κ3) is 4.17. The Labute approximate surface area is 146 Å². The van der Waals surface area contributed by atoms with Crippen molar-refractivity contribution >= 4 is 5.91 Å². The molecule has 1 amide bonds. The molecule has 2 saturated heterocycles. The van der Waals surface area contributed by atoms with Crippen LogP contribution in [0.2, 0.25) is 0 Å². The van der Waals surface area contributed by atoms with Crippen LogP contribution in [0.25, 0.3) is 0 Å². The van der Waals surface area contributed by atoms with Gasteiger partial charge in [0, 0.05) is 31.3 Å². The Balaban J connectivity index is 1.61. The number of hydrogen-bond donors (Lipinski definition) is 0. The number of nitrogens with zero attached hydrogens (tertiary/aromatic N) is 2. The molecule has 2 atom stereocenters. The zero-order valence-corrected chi connectivity index (χ0v) is 14.6. The Kier molecular flexibility index (Phi) is 5.67. The van der Waals surface area contributed by atoms with Gasteiger partial charge in [-0.15, -0.1) is 0 Å². The van der Waals surface area contributed by atoms with Gasteiger partial charge in [0.05, 0.1) is 6.42 Å². The van der Waals surface area contributed by atoms with Crippen LogP contribution in [0.1, 0.15) is 37.7 Å². The number of likely N-dealkylation sites (N-methyl/N-ethyl adjacent to an activating group) is 1. The highest BCUT2D eigenvalue weighted by atomic mass is 19.2. The van der Waals surface area contributed by atoms with Crippen molar-refractivity contribution in [3.8, 4) is 0 Å². The molecule has 0 saturated carbocycles. The summed E-state index contributed by atoms with van der Waals surface area (Å²) in [5.41, 5.74) is -0.0984. The van der Waals surface area contributed by atoms with Crippen molar-refractivity contribution in [3.63, 3.8) is 0 Å². The maximum Gasteiger partial charge on any atom is 0.226 e. The van der Waals surface area contributed by atoms with Gasteiger partial charge in [-0.3, -0.25) is 4.79 Å². The van der Waals surface area contributed by atoms with Gasteiger partial charge in [-0.2, -0.15) is 0 Å². The van der Waals surface area contributed by atoms with E-state index in [4.69, 9.17) is 0 Å². The second kappa shape index (κ2) is 7.77. The number of piperidine rings is 2. The highest BCUT2D eigenvalue weighted by Gasteiger charge is 2.34. The molecule has 2 aliphatic heterocycles. The van der Waals surface area contributed by atoms with Crippen LogP contribution in [0.5, 0.6) is 0 Å². The molecule has 0 radical (unpaired) electrons. The Morgan fingerprint density at radius 3 is 2.60 bits per heavy atom. The molecule has 2 aliphatic rings. The van der Waals surface area contributed by atoms with E-state index in [0.717, 1.165) is 32.0 Å². The van der Waals surface area contributed by atoms with E-state index in [1.54, 1.807) is 11.9 Å². The first-order valence-electron chi connectivity index (χ1n) is 9.07. The highest BCUT2D eigenvalue weighted by molar-refractivity contribution is 5.78. The van der Waals surface area contributed by atoms with E-state index >= 15 is 0 Å². The predicted octanol–water partition coefficient (Wildman–Crippen LogP) is 3.37. The first-order valence-corrected chi connectivity index (χ1v) is 9.07. The van der Waals surface area contributed by atoms with Crippen molar-refractivity contribution in [2.75, 3.05) is 26.7 Å². The van der Waals surface area contributed by atoms with Crippen LogP contribution >= 0.6 is 0 Å². The number of carbonyl (C=O) groups is 1. The van der Waals surface area contributed by atoms with Crippen LogP contribution in [0, 0.1) is 23.4 Å². The molecule has 0 N–H and O–H groups in total. The highest BCUT2D eigenvalue weighted by Crippen LogP contribution is 2.31. The number of benzene rings is 1. The van der Waals surface area contributed by atoms with Crippen LogP contribution in [-0.2, 0) is 11.2 Å². The first kappa shape index (κ1) is 18.2. The second-order valence-corrected chi connectivity index (χ2v) is 7.31. The molecule has 6 heteroatoms. The Bertz CT molecular complexity index is 635. The Morgan fingerprint density at radius 2 is 1.80 bits per heavy atom. The average Bonchev–Trinajstić information content (AvgIpc) is 2.60. The van der Waals surface area contributed by atoms with Gasteiger partial charge < -0.3 is 9.80 Å². The van der Waals surface area contributed by atoms with Crippen LogP contribution in [-0.4, -0.2) is 48.4 Å². The zero-order valence-electron chi connectivity index (χ0n) is 14.6. The SMILES string of the molecule is CN(CC1CCCN2CCCCC12)C(=O)Cc1cc(F)c(F)cc1F. The maximum atomic E-state index is 13.8. The lowest BCUT2D eigenvalue weighted by Crippen LogP contribution is -2.51. The zero-order chi connectivity index (χ0) is 18.0. The fraction of sp³-hybridized carbons (Fsp3) is 0.632. The van der Waals surface area contributed by atoms with Crippen LogP contribution in [0.4, 0.5) is 13.2 Å². The molecule has 3 rings (SSSR count). The van der Waals surface area contributed by atoms with Crippen molar-refractivity contribution in [2.45, 2.75) is 44.6 Å². The van der Waals surface area contributed by atoms with Crippen LogP contribution in [0.3, 0.4) is 0 Å². The summed E-state index contributed by atoms with van der Waals surface area (Å²) in [7, 11) is 1.71. The number of hydrogen-bond acceptors (Lipinski definition) is 2. The molecule has 0 aromatic heterocycles. The second-order valence-electron chi connectivity index (χ2n) is 7.31. The lowest BCUT2D eigenvalue weighted by atomic mass is 9.83. The largest absolute Gasteiger partial charge is 0.345 e. The van der Waals surface area contributed by atoms with Crippen LogP contribution < -0.4 is 0 Å². The lowest BCUT2D eigenvalue weighted by Gasteiger charge is -2.45. The summed E-state index contributed by atoms with van der Waals surface area (Å²) in [5, 5.41) is 0. The van der Waals surface area contributed by atoms with Gasteiger partial charge in [0.15, 0.2) is 11.6 Å². The Hall–Kier alpha value is -1.56. The van der Waals surface area contributed by atoms with E-state index < -0.39 is 17.5 Å². The molecule has 2 unspecified atom stereocenters. The predicted molar refractivity (Wildman–Crippen MR) is 89.6 cm³/mol. The molecular formula is C19H25F3N2O. The summed E-state index contributed by atoms with van der Waals surface area (Å²) in [6.45, 7) is 2.91. The maximum absolute atomic E-state index is 13.8. The molecule has 2 fully saturated rings. The molecule has 25 heavy (non-hydrogen) atoms. The van der Waals surface area contributed by atoms with Crippen molar-refractivity contribution in [3.05, 3.63) is 35.1 Å². The fourth-order valence-corrected chi connectivity index (χ4v) is 4.24. The van der Waals surface area contributed by atoms with E-state index in [9.17, 15) is 18.0 Å². The monoisotopic (exact) mass is 354 g/mol. The molecule has 0 aliphatic carbocycles. The smallest absolute Gasteiger partial charge is 0.226 e. The van der Waals surface area contributed by atoms with Crippen molar-refractivity contribution < 1.29 is 18.0 Å². The normalized spacial score (nSPS) is 24.0. The minimum absolute atomic E-state index is 0.0984. The lowest BCUT2D eigenvalue weighted by molar-refractivity contribution is -0.130. The number of rotatable bonds is 4. The summed E-state index contributed by atoms with van der Waals surface area (Å²) in [4.78, 5) is 16.6. The van der Waals surface area contributed by atoms with Gasteiger partial charge in [0.2, 0.25) is 5.91 Å². The van der Waals surface area contributed by atoms with E-state index in [1.165, 1.54) is 19.3 Å². The molecule has 3 nitrogen and oxygen atoms in total. The quantitative estimate of drug-likeness (QED) is 0.774. The van der Waals surface area contributed by atoms with Gasteiger partial charge in [-0.25, -0.2) is 13.2 Å². The Morgan fingerprint density at radius 1 is 1.08 bits per heavy atom. The first-order chi connectivity index (χ1) is 12.0. The van der Waals surface area contributed by atoms with E-state index in [-0.39, 0.29) is 17.9 Å². The van der Waals surface area contributed by atoms with E-state index in [0.29, 0.717) is 24.6 Å². The molecule has 138 valence electrons. The molecule has 0 spiro atoms.